The van der Waals surface area contributed by atoms with Crippen molar-refractivity contribution in [1.29, 1.82) is 0 Å². The van der Waals surface area contributed by atoms with E-state index in [9.17, 15) is 18.0 Å². The molecule has 5 heteroatoms. The predicted octanol–water partition coefficient (Wildman–Crippen LogP) is 3.94. The van der Waals surface area contributed by atoms with Crippen molar-refractivity contribution in [2.75, 3.05) is 0 Å². The van der Waals surface area contributed by atoms with Gasteiger partial charge in [-0.2, -0.15) is 13.2 Å². The van der Waals surface area contributed by atoms with Gasteiger partial charge in [-0.05, 0) is 29.5 Å². The van der Waals surface area contributed by atoms with Crippen LogP contribution in [0.2, 0.25) is 0 Å². The zero-order chi connectivity index (χ0) is 15.3. The molecule has 1 unspecified atom stereocenters. The fourth-order valence-electron chi connectivity index (χ4n) is 2.23. The summed E-state index contributed by atoms with van der Waals surface area (Å²) in [7, 11) is 0. The van der Waals surface area contributed by atoms with Gasteiger partial charge in [-0.1, -0.05) is 32.0 Å². The van der Waals surface area contributed by atoms with Gasteiger partial charge in [0, 0.05) is 6.92 Å². The normalized spacial score (nSPS) is 13.1. The van der Waals surface area contributed by atoms with Crippen LogP contribution in [-0.4, -0.2) is 12.1 Å². The molecule has 0 fully saturated rings. The third kappa shape index (κ3) is 4.87. The lowest BCUT2D eigenvalue weighted by Crippen LogP contribution is -2.31. The number of nitrogens with one attached hydrogen (secondary N) is 1. The van der Waals surface area contributed by atoms with Crippen molar-refractivity contribution in [3.63, 3.8) is 0 Å². The van der Waals surface area contributed by atoms with E-state index in [0.717, 1.165) is 17.5 Å². The van der Waals surface area contributed by atoms with Crippen molar-refractivity contribution in [2.24, 2.45) is 0 Å². The molecule has 0 heterocycles. The van der Waals surface area contributed by atoms with Crippen LogP contribution in [0.3, 0.4) is 0 Å². The first kappa shape index (κ1) is 16.5. The Labute approximate surface area is 117 Å². The highest BCUT2D eigenvalue weighted by Crippen LogP contribution is 2.32. The second-order valence-corrected chi connectivity index (χ2v) is 4.81. The molecule has 112 valence electrons. The Morgan fingerprint density at radius 2 is 1.90 bits per heavy atom. The van der Waals surface area contributed by atoms with Crippen LogP contribution in [0.25, 0.3) is 0 Å². The Balaban J connectivity index is 3.19. The Morgan fingerprint density at radius 3 is 2.35 bits per heavy atom. The number of amides is 1. The van der Waals surface area contributed by atoms with Crippen LogP contribution in [-0.2, 0) is 17.6 Å². The Bertz CT molecular complexity index is 469. The van der Waals surface area contributed by atoms with E-state index in [4.69, 9.17) is 0 Å². The van der Waals surface area contributed by atoms with Crippen molar-refractivity contribution >= 4 is 5.91 Å². The van der Waals surface area contributed by atoms with Crippen LogP contribution in [0.4, 0.5) is 13.2 Å². The molecule has 0 aromatic heterocycles. The summed E-state index contributed by atoms with van der Waals surface area (Å²) in [6, 6.07) is 4.51. The highest BCUT2D eigenvalue weighted by molar-refractivity contribution is 5.73. The van der Waals surface area contributed by atoms with Crippen molar-refractivity contribution < 1.29 is 18.0 Å². The minimum Gasteiger partial charge on any atom is -0.349 e. The summed E-state index contributed by atoms with van der Waals surface area (Å²) in [6.07, 6.45) is -3.99. The van der Waals surface area contributed by atoms with Gasteiger partial charge >= 0.3 is 6.18 Å². The van der Waals surface area contributed by atoms with Crippen LogP contribution in [0.5, 0.6) is 0 Å². The summed E-state index contributed by atoms with van der Waals surface area (Å²) >= 11 is 0. The quantitative estimate of drug-likeness (QED) is 0.873. The maximum atomic E-state index is 12.7. The lowest BCUT2D eigenvalue weighted by molar-refractivity contribution is -0.142. The van der Waals surface area contributed by atoms with E-state index in [-0.39, 0.29) is 0 Å². The lowest BCUT2D eigenvalue weighted by Gasteiger charge is -2.23. The molecule has 0 bridgehead atoms. The number of alkyl halides is 3. The topological polar surface area (TPSA) is 29.1 Å². The number of rotatable bonds is 5. The minimum atomic E-state index is -4.32. The van der Waals surface area contributed by atoms with Gasteiger partial charge in [-0.15, -0.1) is 0 Å². The summed E-state index contributed by atoms with van der Waals surface area (Å²) in [6.45, 7) is 5.07. The van der Waals surface area contributed by atoms with Gasteiger partial charge in [0.1, 0.15) is 0 Å². The maximum Gasteiger partial charge on any atom is 0.391 e. The highest BCUT2D eigenvalue weighted by atomic mass is 19.4. The van der Waals surface area contributed by atoms with Gasteiger partial charge in [0.25, 0.3) is 0 Å². The first-order valence-electron chi connectivity index (χ1n) is 6.72. The first-order chi connectivity index (χ1) is 9.26. The van der Waals surface area contributed by atoms with Gasteiger partial charge < -0.3 is 5.32 Å². The minimum absolute atomic E-state index is 0.455. The van der Waals surface area contributed by atoms with Gasteiger partial charge in [-0.3, -0.25) is 4.79 Å². The second-order valence-electron chi connectivity index (χ2n) is 4.81. The van der Waals surface area contributed by atoms with Crippen molar-refractivity contribution in [1.82, 2.24) is 5.32 Å². The van der Waals surface area contributed by atoms with Crippen LogP contribution in [0.15, 0.2) is 18.2 Å². The van der Waals surface area contributed by atoms with Gasteiger partial charge in [-0.25, -0.2) is 0 Å². The Hall–Kier alpha value is -1.52. The van der Waals surface area contributed by atoms with E-state index >= 15 is 0 Å². The fraction of sp³-hybridized carbons (Fsp3) is 0.533. The van der Waals surface area contributed by atoms with E-state index < -0.39 is 24.5 Å². The van der Waals surface area contributed by atoms with E-state index in [1.54, 1.807) is 6.07 Å². The predicted molar refractivity (Wildman–Crippen MR) is 72.4 cm³/mol. The number of carbonyl (C=O) groups is 1. The molecule has 1 amide bonds. The molecule has 0 saturated heterocycles. The Morgan fingerprint density at radius 1 is 1.25 bits per heavy atom. The van der Waals surface area contributed by atoms with E-state index in [1.165, 1.54) is 6.92 Å². The molecule has 1 aromatic carbocycles. The third-order valence-corrected chi connectivity index (χ3v) is 3.19. The first-order valence-corrected chi connectivity index (χ1v) is 6.72. The molecule has 20 heavy (non-hydrogen) atoms. The lowest BCUT2D eigenvalue weighted by atomic mass is 9.93. The molecular formula is C15H20F3NO. The summed E-state index contributed by atoms with van der Waals surface area (Å²) in [5.74, 6) is -0.455. The molecule has 0 spiro atoms. The van der Waals surface area contributed by atoms with Crippen molar-refractivity contribution in [3.05, 3.63) is 34.9 Å². The van der Waals surface area contributed by atoms with Crippen LogP contribution >= 0.6 is 0 Å². The molecule has 0 saturated carbocycles. The van der Waals surface area contributed by atoms with E-state index in [0.29, 0.717) is 12.0 Å². The fourth-order valence-corrected chi connectivity index (χ4v) is 2.23. The van der Waals surface area contributed by atoms with Crippen molar-refractivity contribution in [3.8, 4) is 0 Å². The molecule has 0 aliphatic carbocycles. The SMILES string of the molecule is CCc1ccc(CC)c(C(CC(F)(F)F)NC(C)=O)c1. The molecule has 2 nitrogen and oxygen atoms in total. The zero-order valence-corrected chi connectivity index (χ0v) is 12.0. The highest BCUT2D eigenvalue weighted by Gasteiger charge is 2.33. The monoisotopic (exact) mass is 287 g/mol. The van der Waals surface area contributed by atoms with Gasteiger partial charge in [0.2, 0.25) is 5.91 Å². The Kier molecular flexibility index (Phi) is 5.60. The zero-order valence-electron chi connectivity index (χ0n) is 12.0. The maximum absolute atomic E-state index is 12.7. The summed E-state index contributed by atoms with van der Waals surface area (Å²) < 4.78 is 38.1. The molecule has 1 rings (SSSR count). The summed E-state index contributed by atoms with van der Waals surface area (Å²) in [5, 5.41) is 2.42. The average Bonchev–Trinajstić information content (AvgIpc) is 2.35. The molecule has 1 N–H and O–H groups in total. The number of hydrogen-bond acceptors (Lipinski definition) is 1. The van der Waals surface area contributed by atoms with Crippen LogP contribution < -0.4 is 5.32 Å². The number of carbonyl (C=O) groups excluding carboxylic acids is 1. The standard InChI is InChI=1S/C15H20F3NO/c1-4-11-6-7-12(5-2)13(8-11)14(19-10(3)20)9-15(16,17)18/h6-8,14H,4-5,9H2,1-3H3,(H,19,20). The molecule has 0 aliphatic heterocycles. The average molecular weight is 287 g/mol. The molecular weight excluding hydrogens is 267 g/mol. The van der Waals surface area contributed by atoms with Crippen LogP contribution in [0.1, 0.15) is 49.9 Å². The molecule has 1 aromatic rings. The van der Waals surface area contributed by atoms with Crippen LogP contribution in [0, 0.1) is 0 Å². The van der Waals surface area contributed by atoms with Crippen molar-refractivity contribution in [2.45, 2.75) is 52.3 Å². The number of halogens is 3. The largest absolute Gasteiger partial charge is 0.391 e. The van der Waals surface area contributed by atoms with Gasteiger partial charge in [0.15, 0.2) is 0 Å². The summed E-state index contributed by atoms with van der Waals surface area (Å²) in [4.78, 5) is 11.2. The number of benzene rings is 1. The number of hydrogen-bond donors (Lipinski definition) is 1. The smallest absolute Gasteiger partial charge is 0.349 e. The van der Waals surface area contributed by atoms with Gasteiger partial charge in [0.05, 0.1) is 12.5 Å². The molecule has 1 atom stereocenters. The summed E-state index contributed by atoms with van der Waals surface area (Å²) in [5.41, 5.74) is 2.37. The third-order valence-electron chi connectivity index (χ3n) is 3.19. The number of aryl methyl sites for hydroxylation is 2. The second kappa shape index (κ2) is 6.77. The molecule has 0 aliphatic rings. The molecule has 0 radical (unpaired) electrons. The van der Waals surface area contributed by atoms with E-state index in [2.05, 4.69) is 5.32 Å². The van der Waals surface area contributed by atoms with E-state index in [1.807, 2.05) is 26.0 Å².